The zero-order valence-corrected chi connectivity index (χ0v) is 13.0. The van der Waals surface area contributed by atoms with E-state index in [2.05, 4.69) is 24.3 Å². The molecule has 0 heterocycles. The van der Waals surface area contributed by atoms with Crippen LogP contribution in [0.25, 0.3) is 11.1 Å². The molecule has 0 atom stereocenters. The third-order valence-corrected chi connectivity index (χ3v) is 3.77. The highest BCUT2D eigenvalue weighted by molar-refractivity contribution is 5.73. The number of para-hydroxylation sites is 1. The molecule has 0 aliphatic rings. The number of nitriles is 1. The average molecular weight is 299 g/mol. The first kappa shape index (κ1) is 14.9. The van der Waals surface area contributed by atoms with E-state index in [4.69, 9.17) is 10.00 Å². The van der Waals surface area contributed by atoms with Gasteiger partial charge in [0.05, 0.1) is 11.6 Å². The maximum Gasteiger partial charge on any atom is 0.127 e. The highest BCUT2D eigenvalue weighted by Gasteiger charge is 2.09. The van der Waals surface area contributed by atoms with Crippen LogP contribution in [0, 0.1) is 18.3 Å². The first-order chi connectivity index (χ1) is 11.3. The summed E-state index contributed by atoms with van der Waals surface area (Å²) >= 11 is 0. The van der Waals surface area contributed by atoms with Crippen molar-refractivity contribution < 1.29 is 4.74 Å². The number of benzene rings is 3. The molecular formula is C21H17NO. The molecule has 0 aromatic heterocycles. The fourth-order valence-electron chi connectivity index (χ4n) is 2.59. The molecule has 0 fully saturated rings. The van der Waals surface area contributed by atoms with Gasteiger partial charge >= 0.3 is 0 Å². The standard InChI is InChI=1S/C21H17NO/c1-16-13-18(14-22)11-12-19(16)20-9-5-6-10-21(20)23-15-17-7-3-2-4-8-17/h2-13H,15H2,1H3. The van der Waals surface area contributed by atoms with Gasteiger partial charge in [-0.2, -0.15) is 5.26 Å². The SMILES string of the molecule is Cc1cc(C#N)ccc1-c1ccccc1OCc1ccccc1. The summed E-state index contributed by atoms with van der Waals surface area (Å²) in [7, 11) is 0. The van der Waals surface area contributed by atoms with Crippen molar-refractivity contribution in [2.24, 2.45) is 0 Å². The van der Waals surface area contributed by atoms with E-state index in [1.165, 1.54) is 0 Å². The fourth-order valence-corrected chi connectivity index (χ4v) is 2.59. The molecule has 0 saturated heterocycles. The van der Waals surface area contributed by atoms with Crippen LogP contribution in [0.5, 0.6) is 5.75 Å². The van der Waals surface area contributed by atoms with Gasteiger partial charge in [0.2, 0.25) is 0 Å². The Kier molecular flexibility index (Phi) is 4.40. The van der Waals surface area contributed by atoms with Crippen LogP contribution in [-0.4, -0.2) is 0 Å². The average Bonchev–Trinajstić information content (AvgIpc) is 2.61. The molecular weight excluding hydrogens is 282 g/mol. The van der Waals surface area contributed by atoms with Crippen LogP contribution in [0.3, 0.4) is 0 Å². The maximum atomic E-state index is 9.01. The molecule has 3 rings (SSSR count). The Morgan fingerprint density at radius 3 is 2.35 bits per heavy atom. The topological polar surface area (TPSA) is 33.0 Å². The molecule has 2 nitrogen and oxygen atoms in total. The largest absolute Gasteiger partial charge is 0.488 e. The highest BCUT2D eigenvalue weighted by Crippen LogP contribution is 2.32. The van der Waals surface area contributed by atoms with E-state index in [0.717, 1.165) is 28.0 Å². The predicted molar refractivity (Wildman–Crippen MR) is 92.1 cm³/mol. The quantitative estimate of drug-likeness (QED) is 0.670. The van der Waals surface area contributed by atoms with Crippen molar-refractivity contribution in [3.8, 4) is 22.9 Å². The molecule has 112 valence electrons. The van der Waals surface area contributed by atoms with Crippen LogP contribution in [0.4, 0.5) is 0 Å². The fraction of sp³-hybridized carbons (Fsp3) is 0.0952. The molecule has 0 bridgehead atoms. The number of hydrogen-bond acceptors (Lipinski definition) is 2. The van der Waals surface area contributed by atoms with Crippen LogP contribution in [-0.2, 0) is 6.61 Å². The lowest BCUT2D eigenvalue weighted by Gasteiger charge is -2.13. The van der Waals surface area contributed by atoms with Gasteiger partial charge in [-0.05, 0) is 41.8 Å². The lowest BCUT2D eigenvalue weighted by atomic mass is 9.98. The number of rotatable bonds is 4. The van der Waals surface area contributed by atoms with Crippen molar-refractivity contribution >= 4 is 0 Å². The summed E-state index contributed by atoms with van der Waals surface area (Å²) < 4.78 is 6.02. The second-order valence-corrected chi connectivity index (χ2v) is 5.41. The number of hydrogen-bond donors (Lipinski definition) is 0. The van der Waals surface area contributed by atoms with Gasteiger partial charge in [-0.25, -0.2) is 0 Å². The molecule has 3 aromatic carbocycles. The second kappa shape index (κ2) is 6.81. The van der Waals surface area contributed by atoms with Crippen LogP contribution in [0.15, 0.2) is 72.8 Å². The summed E-state index contributed by atoms with van der Waals surface area (Å²) in [6, 6.07) is 26.0. The summed E-state index contributed by atoms with van der Waals surface area (Å²) in [4.78, 5) is 0. The van der Waals surface area contributed by atoms with Gasteiger partial charge in [0.1, 0.15) is 12.4 Å². The van der Waals surface area contributed by atoms with Gasteiger partial charge in [-0.15, -0.1) is 0 Å². The van der Waals surface area contributed by atoms with Gasteiger partial charge in [-0.3, -0.25) is 0 Å². The van der Waals surface area contributed by atoms with Crippen molar-refractivity contribution in [1.82, 2.24) is 0 Å². The second-order valence-electron chi connectivity index (χ2n) is 5.41. The van der Waals surface area contributed by atoms with Crippen molar-refractivity contribution in [2.45, 2.75) is 13.5 Å². The van der Waals surface area contributed by atoms with Crippen LogP contribution in [0.1, 0.15) is 16.7 Å². The first-order valence-electron chi connectivity index (χ1n) is 7.55. The van der Waals surface area contributed by atoms with E-state index in [1.807, 2.05) is 61.5 Å². The molecule has 23 heavy (non-hydrogen) atoms. The molecule has 2 heteroatoms. The third-order valence-electron chi connectivity index (χ3n) is 3.77. The lowest BCUT2D eigenvalue weighted by Crippen LogP contribution is -1.97. The van der Waals surface area contributed by atoms with Gasteiger partial charge in [0.25, 0.3) is 0 Å². The van der Waals surface area contributed by atoms with Crippen LogP contribution >= 0.6 is 0 Å². The monoisotopic (exact) mass is 299 g/mol. The van der Waals surface area contributed by atoms with E-state index in [0.29, 0.717) is 12.2 Å². The highest BCUT2D eigenvalue weighted by atomic mass is 16.5. The van der Waals surface area contributed by atoms with Crippen molar-refractivity contribution in [3.05, 3.63) is 89.5 Å². The van der Waals surface area contributed by atoms with E-state index in [9.17, 15) is 0 Å². The minimum atomic E-state index is 0.535. The Morgan fingerprint density at radius 1 is 0.870 bits per heavy atom. The Balaban J connectivity index is 1.91. The number of aryl methyl sites for hydroxylation is 1. The third kappa shape index (κ3) is 3.41. The van der Waals surface area contributed by atoms with E-state index >= 15 is 0 Å². The summed E-state index contributed by atoms with van der Waals surface area (Å²) in [5.74, 6) is 0.851. The normalized spacial score (nSPS) is 10.1. The molecule has 0 N–H and O–H groups in total. The smallest absolute Gasteiger partial charge is 0.127 e. The molecule has 0 aliphatic heterocycles. The van der Waals surface area contributed by atoms with Crippen molar-refractivity contribution in [1.29, 1.82) is 5.26 Å². The van der Waals surface area contributed by atoms with Crippen molar-refractivity contribution in [2.75, 3.05) is 0 Å². The molecule has 0 radical (unpaired) electrons. The summed E-state index contributed by atoms with van der Waals surface area (Å²) in [5.41, 5.74) is 5.02. The van der Waals surface area contributed by atoms with Gasteiger partial charge in [0.15, 0.2) is 0 Å². The summed E-state index contributed by atoms with van der Waals surface area (Å²) in [6.07, 6.45) is 0. The Labute approximate surface area is 136 Å². The zero-order valence-electron chi connectivity index (χ0n) is 13.0. The molecule has 0 saturated carbocycles. The van der Waals surface area contributed by atoms with E-state index in [1.54, 1.807) is 0 Å². The van der Waals surface area contributed by atoms with E-state index in [-0.39, 0.29) is 0 Å². The molecule has 3 aromatic rings. The van der Waals surface area contributed by atoms with Gasteiger partial charge < -0.3 is 4.74 Å². The Morgan fingerprint density at radius 2 is 1.61 bits per heavy atom. The molecule has 0 spiro atoms. The summed E-state index contributed by atoms with van der Waals surface area (Å²) in [5, 5.41) is 9.01. The molecule has 0 aliphatic carbocycles. The van der Waals surface area contributed by atoms with Crippen LogP contribution < -0.4 is 4.74 Å². The maximum absolute atomic E-state index is 9.01. The summed E-state index contributed by atoms with van der Waals surface area (Å²) in [6.45, 7) is 2.55. The van der Waals surface area contributed by atoms with E-state index < -0.39 is 0 Å². The van der Waals surface area contributed by atoms with Gasteiger partial charge in [0, 0.05) is 5.56 Å². The lowest BCUT2D eigenvalue weighted by molar-refractivity contribution is 0.307. The van der Waals surface area contributed by atoms with Crippen molar-refractivity contribution in [3.63, 3.8) is 0 Å². The van der Waals surface area contributed by atoms with Gasteiger partial charge in [-0.1, -0.05) is 54.6 Å². The first-order valence-corrected chi connectivity index (χ1v) is 7.55. The Hall–Kier alpha value is -3.05. The minimum Gasteiger partial charge on any atom is -0.488 e. The van der Waals surface area contributed by atoms with Crippen LogP contribution in [0.2, 0.25) is 0 Å². The molecule has 0 unspecified atom stereocenters. The minimum absolute atomic E-state index is 0.535. The molecule has 0 amide bonds. The Bertz CT molecular complexity index is 847. The number of ether oxygens (including phenoxy) is 1. The zero-order chi connectivity index (χ0) is 16.1. The predicted octanol–water partition coefficient (Wildman–Crippen LogP) is 5.11. The number of nitrogens with zero attached hydrogens (tertiary/aromatic N) is 1.